The molecule has 1 aliphatic carbocycles. The Balaban J connectivity index is 1.51. The first-order valence-corrected chi connectivity index (χ1v) is 9.84. The molecule has 4 rings (SSSR count). The third-order valence-electron chi connectivity index (χ3n) is 5.38. The molecule has 3 heteroatoms. The average Bonchev–Trinajstić information content (AvgIpc) is 3.16. The van der Waals surface area contributed by atoms with E-state index in [9.17, 15) is 0 Å². The van der Waals surface area contributed by atoms with Crippen molar-refractivity contribution in [1.29, 1.82) is 0 Å². The molecule has 0 amide bonds. The highest BCUT2D eigenvalue weighted by atomic mass is 35.5. The summed E-state index contributed by atoms with van der Waals surface area (Å²) < 4.78 is 4.39. The summed E-state index contributed by atoms with van der Waals surface area (Å²) in [6, 6.07) is 14.9. The lowest BCUT2D eigenvalue weighted by atomic mass is 10.1. The maximum Gasteiger partial charge on any atom is 0.229 e. The van der Waals surface area contributed by atoms with Crippen LogP contribution in [-0.2, 0) is 6.54 Å². The van der Waals surface area contributed by atoms with Gasteiger partial charge in [0, 0.05) is 36.2 Å². The first-order chi connectivity index (χ1) is 12.7. The SMILES string of the molecule is Cc1ccc(-[n+]2ccc(-c3cc[n+](CC4CCCC4)cc3)cc2)c(Cl)c1. The number of aryl methyl sites for hydroxylation is 1. The molecule has 1 aliphatic rings. The van der Waals surface area contributed by atoms with E-state index in [0.717, 1.165) is 23.2 Å². The molecule has 0 radical (unpaired) electrons. The topological polar surface area (TPSA) is 7.76 Å². The number of halogens is 1. The van der Waals surface area contributed by atoms with Gasteiger partial charge in [0.2, 0.25) is 5.69 Å². The fourth-order valence-corrected chi connectivity index (χ4v) is 4.20. The molecule has 0 N–H and O–H groups in total. The van der Waals surface area contributed by atoms with E-state index in [0.29, 0.717) is 0 Å². The molecule has 0 aliphatic heterocycles. The molecule has 1 aromatic carbocycles. The second kappa shape index (κ2) is 7.59. The minimum Gasteiger partial charge on any atom is -0.205 e. The Labute approximate surface area is 160 Å². The van der Waals surface area contributed by atoms with Crippen molar-refractivity contribution in [3.8, 4) is 16.8 Å². The van der Waals surface area contributed by atoms with Gasteiger partial charge in [-0.1, -0.05) is 30.5 Å². The summed E-state index contributed by atoms with van der Waals surface area (Å²) in [4.78, 5) is 0. The number of nitrogens with zero attached hydrogens (tertiary/aromatic N) is 2. The van der Waals surface area contributed by atoms with Gasteiger partial charge in [0.25, 0.3) is 0 Å². The second-order valence-corrected chi connectivity index (χ2v) is 7.79. The van der Waals surface area contributed by atoms with E-state index in [-0.39, 0.29) is 0 Å². The Bertz CT molecular complexity index is 879. The molecule has 0 saturated heterocycles. The molecule has 2 heterocycles. The van der Waals surface area contributed by atoms with Crippen molar-refractivity contribution in [2.75, 3.05) is 0 Å². The molecule has 1 fully saturated rings. The van der Waals surface area contributed by atoms with Gasteiger partial charge in [-0.05, 0) is 42.5 Å². The van der Waals surface area contributed by atoms with Crippen molar-refractivity contribution in [2.45, 2.75) is 39.2 Å². The van der Waals surface area contributed by atoms with Crippen LogP contribution in [-0.4, -0.2) is 0 Å². The highest BCUT2D eigenvalue weighted by Gasteiger charge is 2.19. The van der Waals surface area contributed by atoms with Gasteiger partial charge in [-0.25, -0.2) is 4.57 Å². The zero-order valence-corrected chi connectivity index (χ0v) is 16.0. The van der Waals surface area contributed by atoms with Crippen LogP contribution in [0.2, 0.25) is 5.02 Å². The van der Waals surface area contributed by atoms with E-state index in [2.05, 4.69) is 77.2 Å². The summed E-state index contributed by atoms with van der Waals surface area (Å²) in [7, 11) is 0. The molecule has 2 aromatic heterocycles. The number of rotatable bonds is 4. The highest BCUT2D eigenvalue weighted by Crippen LogP contribution is 2.25. The predicted octanol–water partition coefficient (Wildman–Crippen LogP) is 5.07. The molecule has 0 spiro atoms. The molecular weight excluding hydrogens is 340 g/mol. The number of hydrogen-bond acceptors (Lipinski definition) is 0. The van der Waals surface area contributed by atoms with Crippen molar-refractivity contribution in [2.24, 2.45) is 5.92 Å². The monoisotopic (exact) mass is 364 g/mol. The number of benzene rings is 1. The lowest BCUT2D eigenvalue weighted by Crippen LogP contribution is -2.35. The van der Waals surface area contributed by atoms with Crippen LogP contribution in [0, 0.1) is 12.8 Å². The minimum atomic E-state index is 0.774. The largest absolute Gasteiger partial charge is 0.229 e. The summed E-state index contributed by atoms with van der Waals surface area (Å²) in [5, 5.41) is 0.774. The number of aromatic nitrogens is 2. The van der Waals surface area contributed by atoms with Gasteiger partial charge in [-0.15, -0.1) is 0 Å². The maximum absolute atomic E-state index is 6.38. The Kier molecular flexibility index (Phi) is 5.03. The molecule has 0 bridgehead atoms. The van der Waals surface area contributed by atoms with Crippen LogP contribution in [0.1, 0.15) is 31.2 Å². The molecule has 0 atom stereocenters. The minimum absolute atomic E-state index is 0.774. The van der Waals surface area contributed by atoms with Crippen LogP contribution in [0.15, 0.2) is 67.3 Å². The van der Waals surface area contributed by atoms with Crippen LogP contribution in [0.5, 0.6) is 0 Å². The van der Waals surface area contributed by atoms with Crippen molar-refractivity contribution in [1.82, 2.24) is 0 Å². The number of pyridine rings is 2. The Hall–Kier alpha value is -2.19. The third-order valence-corrected chi connectivity index (χ3v) is 5.68. The smallest absolute Gasteiger partial charge is 0.205 e. The first-order valence-electron chi connectivity index (χ1n) is 9.46. The first kappa shape index (κ1) is 17.2. The van der Waals surface area contributed by atoms with E-state index in [4.69, 9.17) is 11.6 Å². The summed E-state index contributed by atoms with van der Waals surface area (Å²) >= 11 is 6.38. The fourth-order valence-electron chi connectivity index (χ4n) is 3.86. The van der Waals surface area contributed by atoms with E-state index in [1.807, 2.05) is 6.07 Å². The Morgan fingerprint density at radius 2 is 1.50 bits per heavy atom. The van der Waals surface area contributed by atoms with Gasteiger partial charge in [-0.3, -0.25) is 0 Å². The van der Waals surface area contributed by atoms with Crippen molar-refractivity contribution >= 4 is 11.6 Å². The standard InChI is InChI=1S/C23H25ClN2/c1-18-6-7-23(22(24)16-18)26-14-10-21(11-15-26)20-8-12-25(13-9-20)17-19-4-2-3-5-19/h6-16,19H,2-5,17H2,1H3/q+2. The lowest BCUT2D eigenvalue weighted by Gasteiger charge is -2.05. The summed E-state index contributed by atoms with van der Waals surface area (Å²) in [6.07, 6.45) is 14.1. The lowest BCUT2D eigenvalue weighted by molar-refractivity contribution is -0.703. The van der Waals surface area contributed by atoms with Crippen LogP contribution in [0.25, 0.3) is 16.8 Å². The van der Waals surface area contributed by atoms with E-state index in [1.165, 1.54) is 42.4 Å². The van der Waals surface area contributed by atoms with Crippen LogP contribution >= 0.6 is 11.6 Å². The van der Waals surface area contributed by atoms with Crippen LogP contribution < -0.4 is 9.13 Å². The second-order valence-electron chi connectivity index (χ2n) is 7.38. The van der Waals surface area contributed by atoms with Gasteiger partial charge in [0.1, 0.15) is 5.02 Å². The molecular formula is C23H25ClN2+2. The van der Waals surface area contributed by atoms with E-state index in [1.54, 1.807) is 0 Å². The number of hydrogen-bond donors (Lipinski definition) is 0. The molecule has 2 nitrogen and oxygen atoms in total. The third kappa shape index (κ3) is 3.81. The van der Waals surface area contributed by atoms with Crippen molar-refractivity contribution < 1.29 is 9.13 Å². The predicted molar refractivity (Wildman–Crippen MR) is 105 cm³/mol. The van der Waals surface area contributed by atoms with Crippen molar-refractivity contribution in [3.05, 3.63) is 77.8 Å². The van der Waals surface area contributed by atoms with Gasteiger partial charge in [0.15, 0.2) is 31.3 Å². The summed E-state index contributed by atoms with van der Waals surface area (Å²) in [5.41, 5.74) is 4.64. The zero-order chi connectivity index (χ0) is 17.9. The van der Waals surface area contributed by atoms with Gasteiger partial charge in [0.05, 0.1) is 0 Å². The summed E-state index contributed by atoms with van der Waals surface area (Å²) in [5.74, 6) is 0.862. The van der Waals surface area contributed by atoms with E-state index < -0.39 is 0 Å². The quantitative estimate of drug-likeness (QED) is 0.571. The molecule has 3 aromatic rings. The van der Waals surface area contributed by atoms with Crippen molar-refractivity contribution in [3.63, 3.8) is 0 Å². The van der Waals surface area contributed by atoms with Gasteiger partial charge < -0.3 is 0 Å². The van der Waals surface area contributed by atoms with E-state index >= 15 is 0 Å². The highest BCUT2D eigenvalue weighted by molar-refractivity contribution is 6.32. The fraction of sp³-hybridized carbons (Fsp3) is 0.304. The van der Waals surface area contributed by atoms with Gasteiger partial charge >= 0.3 is 0 Å². The van der Waals surface area contributed by atoms with Crippen LogP contribution in [0.3, 0.4) is 0 Å². The van der Waals surface area contributed by atoms with Gasteiger partial charge in [-0.2, -0.15) is 4.57 Å². The normalized spacial score (nSPS) is 14.7. The maximum atomic E-state index is 6.38. The average molecular weight is 365 g/mol. The molecule has 0 unspecified atom stereocenters. The molecule has 26 heavy (non-hydrogen) atoms. The summed E-state index contributed by atoms with van der Waals surface area (Å²) in [6.45, 7) is 3.21. The Morgan fingerprint density at radius 1 is 0.885 bits per heavy atom. The zero-order valence-electron chi connectivity index (χ0n) is 15.2. The van der Waals surface area contributed by atoms with Crippen LogP contribution in [0.4, 0.5) is 0 Å². The molecule has 1 saturated carbocycles. The molecule has 132 valence electrons. The Morgan fingerprint density at radius 3 is 2.12 bits per heavy atom.